The summed E-state index contributed by atoms with van der Waals surface area (Å²) in [6.07, 6.45) is 2.22. The highest BCUT2D eigenvalue weighted by Gasteiger charge is 2.34. The molecule has 3 unspecified atom stereocenters. The molecule has 94 valence electrons. The van der Waals surface area contributed by atoms with Crippen LogP contribution in [0.15, 0.2) is 18.2 Å². The van der Waals surface area contributed by atoms with Gasteiger partial charge >= 0.3 is 0 Å². The first-order valence-electron chi connectivity index (χ1n) is 5.84. The van der Waals surface area contributed by atoms with Crippen LogP contribution in [-0.4, -0.2) is 12.7 Å². The number of benzene rings is 1. The van der Waals surface area contributed by atoms with E-state index in [-0.39, 0.29) is 11.5 Å². The molecule has 17 heavy (non-hydrogen) atoms. The molecule has 1 aliphatic heterocycles. The van der Waals surface area contributed by atoms with E-state index in [0.29, 0.717) is 16.0 Å². The summed E-state index contributed by atoms with van der Waals surface area (Å²) in [5, 5.41) is 1.17. The van der Waals surface area contributed by atoms with Gasteiger partial charge in [-0.25, -0.2) is 0 Å². The largest absolute Gasteiger partial charge is 0.378 e. The summed E-state index contributed by atoms with van der Waals surface area (Å²) in [7, 11) is 0. The van der Waals surface area contributed by atoms with Crippen LogP contribution < -0.4 is 0 Å². The standard InChI is InChI=1S/C13H15Cl3O/c1-2-12-10(5-6-17-12)13(16)9-4-3-8(14)7-11(9)15/h3-4,7,10,12-13H,2,5-6H2,1H3. The lowest BCUT2D eigenvalue weighted by Crippen LogP contribution is -2.19. The van der Waals surface area contributed by atoms with E-state index in [1.807, 2.05) is 12.1 Å². The zero-order valence-corrected chi connectivity index (χ0v) is 11.9. The molecule has 4 heteroatoms. The summed E-state index contributed by atoms with van der Waals surface area (Å²) in [5.41, 5.74) is 0.951. The van der Waals surface area contributed by atoms with E-state index in [1.165, 1.54) is 0 Å². The maximum Gasteiger partial charge on any atom is 0.0653 e. The van der Waals surface area contributed by atoms with Crippen molar-refractivity contribution in [2.24, 2.45) is 5.92 Å². The Labute approximate surface area is 117 Å². The molecule has 1 heterocycles. The van der Waals surface area contributed by atoms with Crippen molar-refractivity contribution >= 4 is 34.8 Å². The lowest BCUT2D eigenvalue weighted by Gasteiger charge is -2.23. The van der Waals surface area contributed by atoms with Crippen LogP contribution in [0.2, 0.25) is 10.0 Å². The summed E-state index contributed by atoms with van der Waals surface area (Å²) in [6, 6.07) is 5.48. The predicted octanol–water partition coefficient (Wildman–Crippen LogP) is 5.09. The third-order valence-corrected chi connectivity index (χ3v) is 4.42. The van der Waals surface area contributed by atoms with Gasteiger partial charge in [0.15, 0.2) is 0 Å². The van der Waals surface area contributed by atoms with Crippen molar-refractivity contribution in [1.29, 1.82) is 0 Å². The summed E-state index contributed by atoms with van der Waals surface area (Å²) in [5.74, 6) is 0.334. The normalized spacial score (nSPS) is 26.1. The SMILES string of the molecule is CCC1OCCC1C(Cl)c1ccc(Cl)cc1Cl. The van der Waals surface area contributed by atoms with Gasteiger partial charge in [0.1, 0.15) is 0 Å². The maximum atomic E-state index is 6.54. The third-order valence-electron chi connectivity index (χ3n) is 3.30. The first kappa shape index (κ1) is 13.5. The van der Waals surface area contributed by atoms with E-state index in [2.05, 4.69) is 6.92 Å². The zero-order chi connectivity index (χ0) is 12.4. The minimum atomic E-state index is -0.104. The molecule has 3 atom stereocenters. The first-order valence-corrected chi connectivity index (χ1v) is 7.03. The summed E-state index contributed by atoms with van der Waals surface area (Å²) in [4.78, 5) is 0. The van der Waals surface area contributed by atoms with E-state index in [1.54, 1.807) is 6.07 Å². The monoisotopic (exact) mass is 292 g/mol. The van der Waals surface area contributed by atoms with Gasteiger partial charge in [0.2, 0.25) is 0 Å². The minimum Gasteiger partial charge on any atom is -0.378 e. The van der Waals surface area contributed by atoms with Crippen LogP contribution in [0.1, 0.15) is 30.7 Å². The number of halogens is 3. The Morgan fingerprint density at radius 2 is 2.18 bits per heavy atom. The number of alkyl halides is 1. The Balaban J connectivity index is 2.21. The number of hydrogen-bond acceptors (Lipinski definition) is 1. The average molecular weight is 294 g/mol. The molecular formula is C13H15Cl3O. The van der Waals surface area contributed by atoms with Crippen molar-refractivity contribution < 1.29 is 4.74 Å². The average Bonchev–Trinajstić information content (AvgIpc) is 2.76. The number of ether oxygens (including phenoxy) is 1. The minimum absolute atomic E-state index is 0.104. The smallest absolute Gasteiger partial charge is 0.0653 e. The van der Waals surface area contributed by atoms with E-state index < -0.39 is 0 Å². The highest BCUT2D eigenvalue weighted by molar-refractivity contribution is 6.35. The molecule has 0 aliphatic carbocycles. The molecule has 1 aromatic carbocycles. The lowest BCUT2D eigenvalue weighted by molar-refractivity contribution is 0.0864. The molecule has 2 rings (SSSR count). The van der Waals surface area contributed by atoms with Gasteiger partial charge in [0.25, 0.3) is 0 Å². The summed E-state index contributed by atoms with van der Waals surface area (Å²) >= 11 is 18.6. The van der Waals surface area contributed by atoms with Crippen molar-refractivity contribution in [2.45, 2.75) is 31.2 Å². The Morgan fingerprint density at radius 3 is 2.82 bits per heavy atom. The second-order valence-corrected chi connectivity index (χ2v) is 5.65. The van der Waals surface area contributed by atoms with Crippen LogP contribution in [-0.2, 0) is 4.74 Å². The van der Waals surface area contributed by atoms with Gasteiger partial charge in [0, 0.05) is 22.6 Å². The highest BCUT2D eigenvalue weighted by atomic mass is 35.5. The molecule has 1 fully saturated rings. The first-order chi connectivity index (χ1) is 8.13. The van der Waals surface area contributed by atoms with Gasteiger partial charge in [-0.2, -0.15) is 0 Å². The maximum absolute atomic E-state index is 6.54. The van der Waals surface area contributed by atoms with Crippen LogP contribution in [0.4, 0.5) is 0 Å². The van der Waals surface area contributed by atoms with E-state index in [4.69, 9.17) is 39.5 Å². The van der Waals surface area contributed by atoms with Crippen molar-refractivity contribution in [3.05, 3.63) is 33.8 Å². The molecule has 0 N–H and O–H groups in total. The summed E-state index contributed by atoms with van der Waals surface area (Å²) < 4.78 is 5.67. The fraction of sp³-hybridized carbons (Fsp3) is 0.538. The molecule has 0 spiro atoms. The van der Waals surface area contributed by atoms with Gasteiger partial charge in [-0.1, -0.05) is 36.2 Å². The zero-order valence-electron chi connectivity index (χ0n) is 9.63. The molecule has 1 saturated heterocycles. The Hall–Kier alpha value is 0.0500. The van der Waals surface area contributed by atoms with Crippen LogP contribution in [0.25, 0.3) is 0 Å². The molecule has 0 saturated carbocycles. The molecule has 1 aliphatic rings. The van der Waals surface area contributed by atoms with Crippen molar-refractivity contribution in [3.63, 3.8) is 0 Å². The number of hydrogen-bond donors (Lipinski definition) is 0. The van der Waals surface area contributed by atoms with Gasteiger partial charge in [-0.05, 0) is 30.5 Å². The van der Waals surface area contributed by atoms with Crippen LogP contribution in [0, 0.1) is 5.92 Å². The van der Waals surface area contributed by atoms with Gasteiger partial charge in [0.05, 0.1) is 11.5 Å². The van der Waals surface area contributed by atoms with Crippen LogP contribution >= 0.6 is 34.8 Å². The van der Waals surface area contributed by atoms with E-state index in [0.717, 1.165) is 25.0 Å². The highest BCUT2D eigenvalue weighted by Crippen LogP contribution is 2.42. The van der Waals surface area contributed by atoms with Crippen molar-refractivity contribution in [3.8, 4) is 0 Å². The molecule has 1 nitrogen and oxygen atoms in total. The molecule has 0 bridgehead atoms. The van der Waals surface area contributed by atoms with Gasteiger partial charge in [-0.15, -0.1) is 11.6 Å². The van der Waals surface area contributed by atoms with Crippen LogP contribution in [0.3, 0.4) is 0 Å². The van der Waals surface area contributed by atoms with Crippen molar-refractivity contribution in [2.75, 3.05) is 6.61 Å². The molecule has 0 amide bonds. The molecule has 1 aromatic rings. The fourth-order valence-corrected chi connectivity index (χ4v) is 3.44. The molecular weight excluding hydrogens is 279 g/mol. The number of rotatable bonds is 3. The van der Waals surface area contributed by atoms with Crippen molar-refractivity contribution in [1.82, 2.24) is 0 Å². The van der Waals surface area contributed by atoms with Gasteiger partial charge < -0.3 is 4.74 Å². The quantitative estimate of drug-likeness (QED) is 0.705. The second kappa shape index (κ2) is 5.79. The third kappa shape index (κ3) is 2.90. The topological polar surface area (TPSA) is 9.23 Å². The molecule has 0 aromatic heterocycles. The van der Waals surface area contributed by atoms with E-state index in [9.17, 15) is 0 Å². The second-order valence-electron chi connectivity index (χ2n) is 4.34. The van der Waals surface area contributed by atoms with Gasteiger partial charge in [-0.3, -0.25) is 0 Å². The Bertz CT molecular complexity index is 394. The predicted molar refractivity (Wildman–Crippen MR) is 73.2 cm³/mol. The van der Waals surface area contributed by atoms with E-state index >= 15 is 0 Å². The van der Waals surface area contributed by atoms with Crippen LogP contribution in [0.5, 0.6) is 0 Å². The molecule has 0 radical (unpaired) electrons. The summed E-state index contributed by atoms with van der Waals surface area (Å²) in [6.45, 7) is 2.91. The fourth-order valence-electron chi connectivity index (χ4n) is 2.38. The Kier molecular flexibility index (Phi) is 4.59. The Morgan fingerprint density at radius 1 is 1.41 bits per heavy atom. The lowest BCUT2D eigenvalue weighted by atomic mass is 9.91.